The van der Waals surface area contributed by atoms with Crippen molar-refractivity contribution in [2.24, 2.45) is 0 Å². The molecule has 4 heteroatoms. The second-order valence-electron chi connectivity index (χ2n) is 2.60. The monoisotopic (exact) mass is 171 g/mol. The zero-order valence-corrected chi connectivity index (χ0v) is 6.67. The van der Waals surface area contributed by atoms with Crippen molar-refractivity contribution in [3.8, 4) is 0 Å². The summed E-state index contributed by atoms with van der Waals surface area (Å²) in [5.41, 5.74) is -0.0156. The van der Waals surface area contributed by atoms with E-state index < -0.39 is 11.8 Å². The zero-order chi connectivity index (χ0) is 9.19. The Balaban J connectivity index is 2.89. The number of halogens is 1. The predicted molar refractivity (Wildman–Crippen MR) is 42.1 cm³/mol. The molecule has 3 nitrogen and oxygen atoms in total. The molecule has 66 valence electrons. The predicted octanol–water partition coefficient (Wildman–Crippen LogP) is 1.19. The Morgan fingerprint density at radius 1 is 1.83 bits per heavy atom. The average Bonchev–Trinajstić information content (AvgIpc) is 2.05. The first-order valence-corrected chi connectivity index (χ1v) is 3.67. The summed E-state index contributed by atoms with van der Waals surface area (Å²) in [5.74, 6) is -2.81. The molecule has 1 aliphatic rings. The molecular formula is C8H10FNO2. The number of rotatable bonds is 2. The summed E-state index contributed by atoms with van der Waals surface area (Å²) in [6, 6.07) is 0. The Labute approximate surface area is 69.6 Å². The smallest absolute Gasteiger partial charge is 0.335 e. The van der Waals surface area contributed by atoms with E-state index in [0.29, 0.717) is 0 Å². The van der Waals surface area contributed by atoms with Gasteiger partial charge in [-0.2, -0.15) is 0 Å². The molecular weight excluding hydrogens is 161 g/mol. The van der Waals surface area contributed by atoms with Crippen LogP contribution in [0.15, 0.2) is 23.9 Å². The van der Waals surface area contributed by atoms with Gasteiger partial charge in [-0.3, -0.25) is 0 Å². The molecule has 0 radical (unpaired) electrons. The first-order chi connectivity index (χ1) is 5.57. The third-order valence-electron chi connectivity index (χ3n) is 1.73. The first-order valence-electron chi connectivity index (χ1n) is 3.67. The van der Waals surface area contributed by atoms with Gasteiger partial charge in [0.25, 0.3) is 0 Å². The van der Waals surface area contributed by atoms with E-state index in [2.05, 4.69) is 5.32 Å². The molecule has 0 fully saturated rings. The second-order valence-corrected chi connectivity index (χ2v) is 2.60. The van der Waals surface area contributed by atoms with Gasteiger partial charge in [0.05, 0.1) is 5.57 Å². The summed E-state index contributed by atoms with van der Waals surface area (Å²) in [6.45, 7) is 1.64. The van der Waals surface area contributed by atoms with Gasteiger partial charge in [-0.25, -0.2) is 9.18 Å². The lowest BCUT2D eigenvalue weighted by molar-refractivity contribution is -0.132. The van der Waals surface area contributed by atoms with E-state index in [-0.39, 0.29) is 12.0 Å². The van der Waals surface area contributed by atoms with Crippen molar-refractivity contribution in [3.63, 3.8) is 0 Å². The van der Waals surface area contributed by atoms with Gasteiger partial charge < -0.3 is 10.4 Å². The van der Waals surface area contributed by atoms with Crippen LogP contribution in [0, 0.1) is 0 Å². The summed E-state index contributed by atoms with van der Waals surface area (Å²) in [6.07, 6.45) is 3.92. The molecule has 0 spiro atoms. The quantitative estimate of drug-likeness (QED) is 0.613. The summed E-state index contributed by atoms with van der Waals surface area (Å²) in [4.78, 5) is 10.4. The Morgan fingerprint density at radius 3 is 3.00 bits per heavy atom. The van der Waals surface area contributed by atoms with Crippen LogP contribution in [0.25, 0.3) is 0 Å². The van der Waals surface area contributed by atoms with Crippen molar-refractivity contribution >= 4 is 5.97 Å². The van der Waals surface area contributed by atoms with Crippen molar-refractivity contribution < 1.29 is 14.3 Å². The highest BCUT2D eigenvalue weighted by molar-refractivity contribution is 5.90. The van der Waals surface area contributed by atoms with E-state index >= 15 is 0 Å². The first kappa shape index (κ1) is 8.77. The van der Waals surface area contributed by atoms with E-state index in [4.69, 9.17) is 5.11 Å². The number of hydrogen-bond acceptors (Lipinski definition) is 2. The standard InChI is InChI=1S/C8H10FNO2/c1-2-8(9)5-6(7(11)12)3-4-10-8/h3-5,10H,2H2,1H3,(H,11,12). The van der Waals surface area contributed by atoms with E-state index in [1.54, 1.807) is 6.92 Å². The molecule has 0 amide bonds. The molecule has 1 atom stereocenters. The number of carboxylic acid groups (broad SMARTS) is 1. The highest BCUT2D eigenvalue weighted by Gasteiger charge is 2.26. The molecule has 0 saturated carbocycles. The van der Waals surface area contributed by atoms with Crippen molar-refractivity contribution in [2.75, 3.05) is 0 Å². The summed E-state index contributed by atoms with van der Waals surface area (Å²) in [7, 11) is 0. The van der Waals surface area contributed by atoms with Gasteiger partial charge in [-0.05, 0) is 12.2 Å². The summed E-state index contributed by atoms with van der Waals surface area (Å²) >= 11 is 0. The van der Waals surface area contributed by atoms with Crippen LogP contribution in [0.2, 0.25) is 0 Å². The fraction of sp³-hybridized carbons (Fsp3) is 0.375. The third-order valence-corrected chi connectivity index (χ3v) is 1.73. The molecule has 0 aromatic carbocycles. The van der Waals surface area contributed by atoms with Gasteiger partial charge in [0.2, 0.25) is 0 Å². The maximum atomic E-state index is 13.4. The van der Waals surface area contributed by atoms with E-state index in [9.17, 15) is 9.18 Å². The number of carboxylic acids is 1. The number of carbonyl (C=O) groups is 1. The van der Waals surface area contributed by atoms with Crippen molar-refractivity contribution in [1.82, 2.24) is 5.32 Å². The van der Waals surface area contributed by atoms with E-state index in [1.165, 1.54) is 12.3 Å². The topological polar surface area (TPSA) is 49.3 Å². The average molecular weight is 171 g/mol. The Morgan fingerprint density at radius 2 is 2.50 bits per heavy atom. The van der Waals surface area contributed by atoms with Gasteiger partial charge in [-0.1, -0.05) is 6.92 Å². The summed E-state index contributed by atoms with van der Waals surface area (Å²) in [5, 5.41) is 11.0. The number of nitrogens with one attached hydrogen (secondary N) is 1. The highest BCUT2D eigenvalue weighted by Crippen LogP contribution is 2.20. The van der Waals surface area contributed by atoms with Crippen molar-refractivity contribution in [2.45, 2.75) is 19.1 Å². The molecule has 1 aliphatic heterocycles. The van der Waals surface area contributed by atoms with Gasteiger partial charge >= 0.3 is 5.97 Å². The van der Waals surface area contributed by atoms with Gasteiger partial charge in [0.1, 0.15) is 0 Å². The normalized spacial score (nSPS) is 27.7. The number of hydrogen-bond donors (Lipinski definition) is 2. The molecule has 2 N–H and O–H groups in total. The van der Waals surface area contributed by atoms with Crippen LogP contribution in [0.3, 0.4) is 0 Å². The molecule has 0 aliphatic carbocycles. The highest BCUT2D eigenvalue weighted by atomic mass is 19.1. The number of aliphatic carboxylic acids is 1. The van der Waals surface area contributed by atoms with Crippen LogP contribution in [-0.2, 0) is 4.79 Å². The van der Waals surface area contributed by atoms with Gasteiger partial charge in [0.15, 0.2) is 5.79 Å². The van der Waals surface area contributed by atoms with Crippen LogP contribution in [0.4, 0.5) is 4.39 Å². The molecule has 12 heavy (non-hydrogen) atoms. The molecule has 1 unspecified atom stereocenters. The second kappa shape index (κ2) is 2.97. The Bertz CT molecular complexity index is 260. The maximum Gasteiger partial charge on any atom is 0.335 e. The number of alkyl halides is 1. The summed E-state index contributed by atoms with van der Waals surface area (Å²) < 4.78 is 13.4. The van der Waals surface area contributed by atoms with Gasteiger partial charge in [0, 0.05) is 12.6 Å². The Hall–Kier alpha value is -1.32. The third kappa shape index (κ3) is 1.64. The SMILES string of the molecule is CCC1(F)C=C(C(=O)O)C=CN1. The van der Waals surface area contributed by atoms with Crippen LogP contribution in [0.5, 0.6) is 0 Å². The molecule has 1 heterocycles. The number of dihydropyridines is 1. The molecule has 0 bridgehead atoms. The molecule has 1 rings (SSSR count). The maximum absolute atomic E-state index is 13.4. The van der Waals surface area contributed by atoms with Crippen LogP contribution in [-0.4, -0.2) is 16.9 Å². The van der Waals surface area contributed by atoms with Crippen molar-refractivity contribution in [3.05, 3.63) is 23.9 Å². The van der Waals surface area contributed by atoms with Crippen LogP contribution < -0.4 is 5.32 Å². The van der Waals surface area contributed by atoms with E-state index in [0.717, 1.165) is 6.08 Å². The zero-order valence-electron chi connectivity index (χ0n) is 6.67. The van der Waals surface area contributed by atoms with Gasteiger partial charge in [-0.15, -0.1) is 0 Å². The minimum atomic E-state index is -1.71. The lowest BCUT2D eigenvalue weighted by Gasteiger charge is -2.23. The minimum absolute atomic E-state index is 0.0156. The lowest BCUT2D eigenvalue weighted by Crippen LogP contribution is -2.37. The van der Waals surface area contributed by atoms with Crippen molar-refractivity contribution in [1.29, 1.82) is 0 Å². The Kier molecular flexibility index (Phi) is 2.17. The molecule has 0 saturated heterocycles. The fourth-order valence-electron chi connectivity index (χ4n) is 0.943. The van der Waals surface area contributed by atoms with Crippen LogP contribution in [0.1, 0.15) is 13.3 Å². The fourth-order valence-corrected chi connectivity index (χ4v) is 0.943. The van der Waals surface area contributed by atoms with Crippen LogP contribution >= 0.6 is 0 Å². The minimum Gasteiger partial charge on any atom is -0.478 e. The van der Waals surface area contributed by atoms with E-state index in [1.807, 2.05) is 0 Å². The largest absolute Gasteiger partial charge is 0.478 e. The lowest BCUT2D eigenvalue weighted by atomic mass is 10.1. The molecule has 0 aromatic rings. The molecule has 0 aromatic heterocycles.